The monoisotopic (exact) mass is 565 g/mol. The maximum Gasteiger partial charge on any atom is 0.399 e. The van der Waals surface area contributed by atoms with Gasteiger partial charge in [0.2, 0.25) is 10.0 Å². The third-order valence-electron chi connectivity index (χ3n) is 5.92. The SMILES string of the molecule is C=CCN(CC1=C[N+](S(=O)(=O)c2ccc(C)cc2)=C/C1=C\Sc1ccccc1)S(=O)(=O)c1ccc(C)cc1. The van der Waals surface area contributed by atoms with Crippen LogP contribution >= 0.6 is 11.8 Å². The van der Waals surface area contributed by atoms with Crippen LogP contribution in [-0.4, -0.2) is 44.4 Å². The zero-order chi connectivity index (χ0) is 27.3. The average Bonchev–Trinajstić information content (AvgIpc) is 3.32. The van der Waals surface area contributed by atoms with Crippen LogP contribution in [0.3, 0.4) is 0 Å². The Morgan fingerprint density at radius 2 is 1.42 bits per heavy atom. The van der Waals surface area contributed by atoms with Crippen LogP contribution in [0.2, 0.25) is 0 Å². The van der Waals surface area contributed by atoms with Crippen molar-refractivity contribution >= 4 is 38.0 Å². The zero-order valence-corrected chi connectivity index (χ0v) is 23.6. The van der Waals surface area contributed by atoms with Crippen LogP contribution < -0.4 is 0 Å². The number of hydrogen-bond donors (Lipinski definition) is 0. The standard InChI is InChI=1S/C29H29N2O4S3/c1-4-18-30(37(32,33)28-14-10-23(2)11-15-28)19-25-20-31(38(34,35)29-16-12-24(3)13-17-29)21-26(25)22-36-27-8-6-5-7-9-27/h4-17,20-22H,1,18-19H2,2-3H3/q+1/b26-22+. The van der Waals surface area contributed by atoms with Crippen molar-refractivity contribution in [1.29, 1.82) is 0 Å². The maximum atomic E-state index is 13.5. The predicted octanol–water partition coefficient (Wildman–Crippen LogP) is 5.53. The molecule has 196 valence electrons. The van der Waals surface area contributed by atoms with E-state index in [1.54, 1.807) is 48.5 Å². The fourth-order valence-corrected chi connectivity index (χ4v) is 7.19. The van der Waals surface area contributed by atoms with Gasteiger partial charge in [0, 0.05) is 23.6 Å². The van der Waals surface area contributed by atoms with Crippen LogP contribution in [0.1, 0.15) is 11.1 Å². The molecule has 0 unspecified atom stereocenters. The second-order valence-electron chi connectivity index (χ2n) is 8.83. The van der Waals surface area contributed by atoms with Gasteiger partial charge >= 0.3 is 10.0 Å². The molecule has 6 nitrogen and oxygen atoms in total. The smallest absolute Gasteiger partial charge is 0.207 e. The molecule has 4 rings (SSSR count). The molecule has 0 radical (unpaired) electrons. The van der Waals surface area contributed by atoms with Crippen LogP contribution in [0, 0.1) is 13.8 Å². The molecule has 1 aliphatic rings. The molecule has 1 aliphatic heterocycles. The molecule has 38 heavy (non-hydrogen) atoms. The summed E-state index contributed by atoms with van der Waals surface area (Å²) in [6.07, 6.45) is 4.55. The van der Waals surface area contributed by atoms with Crippen molar-refractivity contribution in [2.24, 2.45) is 0 Å². The van der Waals surface area contributed by atoms with Gasteiger partial charge in [-0.2, -0.15) is 12.7 Å². The summed E-state index contributed by atoms with van der Waals surface area (Å²) in [6.45, 7) is 7.55. The van der Waals surface area contributed by atoms with E-state index < -0.39 is 20.0 Å². The highest BCUT2D eigenvalue weighted by Gasteiger charge is 2.34. The minimum atomic E-state index is -3.88. The molecule has 0 saturated heterocycles. The molecule has 3 aromatic carbocycles. The number of hydrogen-bond acceptors (Lipinski definition) is 5. The van der Waals surface area contributed by atoms with E-state index in [0.717, 1.165) is 20.0 Å². The first-order chi connectivity index (χ1) is 18.1. The van der Waals surface area contributed by atoms with Gasteiger partial charge in [0.1, 0.15) is 4.90 Å². The number of benzene rings is 3. The van der Waals surface area contributed by atoms with E-state index in [4.69, 9.17) is 0 Å². The molecule has 0 bridgehead atoms. The van der Waals surface area contributed by atoms with Crippen molar-refractivity contribution < 1.29 is 20.8 Å². The van der Waals surface area contributed by atoms with Gasteiger partial charge in [-0.1, -0.05) is 75.4 Å². The molecule has 0 fully saturated rings. The quantitative estimate of drug-likeness (QED) is 0.184. The Hall–Kier alpha value is -3.24. The molecular weight excluding hydrogens is 537 g/mol. The van der Waals surface area contributed by atoms with Crippen LogP contribution in [0.25, 0.3) is 0 Å². The van der Waals surface area contributed by atoms with Crippen molar-refractivity contribution in [3.63, 3.8) is 0 Å². The largest absolute Gasteiger partial charge is 0.399 e. The first-order valence-electron chi connectivity index (χ1n) is 11.9. The molecule has 0 N–H and O–H groups in total. The number of sulfonamides is 2. The maximum absolute atomic E-state index is 13.5. The minimum Gasteiger partial charge on any atom is -0.207 e. The fourth-order valence-electron chi connectivity index (χ4n) is 3.77. The lowest BCUT2D eigenvalue weighted by Crippen LogP contribution is -2.33. The summed E-state index contributed by atoms with van der Waals surface area (Å²) >= 11 is 1.43. The number of rotatable bonds is 10. The first-order valence-corrected chi connectivity index (χ1v) is 15.6. The topological polar surface area (TPSA) is 74.5 Å². The van der Waals surface area contributed by atoms with Gasteiger partial charge < -0.3 is 0 Å². The number of nitrogens with zero attached hydrogens (tertiary/aromatic N) is 2. The molecule has 1 heterocycles. The number of thioether (sulfide) groups is 1. The van der Waals surface area contributed by atoms with Crippen LogP contribution in [-0.2, 0) is 20.0 Å². The molecular formula is C29H29N2O4S3+. The molecule has 9 heteroatoms. The molecule has 0 atom stereocenters. The highest BCUT2D eigenvalue weighted by molar-refractivity contribution is 8.02. The van der Waals surface area contributed by atoms with Crippen LogP contribution in [0.5, 0.6) is 0 Å². The van der Waals surface area contributed by atoms with E-state index in [9.17, 15) is 16.8 Å². The molecule has 0 saturated carbocycles. The molecule has 0 amide bonds. The van der Waals surface area contributed by atoms with Gasteiger partial charge in [-0.3, -0.25) is 0 Å². The van der Waals surface area contributed by atoms with Crippen molar-refractivity contribution in [2.75, 3.05) is 13.1 Å². The van der Waals surface area contributed by atoms with Gasteiger partial charge in [0.25, 0.3) is 0 Å². The Kier molecular flexibility index (Phi) is 8.52. The van der Waals surface area contributed by atoms with E-state index in [1.165, 1.54) is 34.6 Å². The van der Waals surface area contributed by atoms with Crippen molar-refractivity contribution in [3.8, 4) is 0 Å². The van der Waals surface area contributed by atoms with Gasteiger partial charge in [0.05, 0.1) is 10.5 Å². The second kappa shape index (κ2) is 11.7. The Morgan fingerprint density at radius 3 is 2.00 bits per heavy atom. The molecule has 0 spiro atoms. The Balaban J connectivity index is 1.73. The van der Waals surface area contributed by atoms with Crippen LogP contribution in [0.4, 0.5) is 0 Å². The minimum absolute atomic E-state index is 0.0279. The average molecular weight is 566 g/mol. The lowest BCUT2D eigenvalue weighted by atomic mass is 10.1. The van der Waals surface area contributed by atoms with Gasteiger partial charge in [-0.25, -0.2) is 8.42 Å². The predicted molar refractivity (Wildman–Crippen MR) is 153 cm³/mol. The lowest BCUT2D eigenvalue weighted by Gasteiger charge is -2.21. The third-order valence-corrected chi connectivity index (χ3v) is 10.3. The van der Waals surface area contributed by atoms with E-state index in [1.807, 2.05) is 49.6 Å². The summed E-state index contributed by atoms with van der Waals surface area (Å²) in [5.41, 5.74) is 3.07. The Morgan fingerprint density at radius 1 is 0.842 bits per heavy atom. The summed E-state index contributed by atoms with van der Waals surface area (Å²) in [4.78, 5) is 1.30. The van der Waals surface area contributed by atoms with Crippen LogP contribution in [0.15, 0.2) is 129 Å². The normalized spacial score (nSPS) is 15.0. The fraction of sp³-hybridized carbons (Fsp3) is 0.138. The van der Waals surface area contributed by atoms with E-state index in [2.05, 4.69) is 6.58 Å². The van der Waals surface area contributed by atoms with Gasteiger partial charge in [0.15, 0.2) is 12.4 Å². The summed E-state index contributed by atoms with van der Waals surface area (Å²) in [7, 11) is -7.74. The second-order valence-corrected chi connectivity index (χ2v) is 13.6. The Bertz CT molecular complexity index is 1620. The Labute approximate surface area is 229 Å². The summed E-state index contributed by atoms with van der Waals surface area (Å²) in [5.74, 6) is 0. The number of aryl methyl sites for hydroxylation is 2. The van der Waals surface area contributed by atoms with Crippen molar-refractivity contribution in [3.05, 3.63) is 125 Å². The molecule has 3 aromatic rings. The lowest BCUT2D eigenvalue weighted by molar-refractivity contribution is -0.270. The van der Waals surface area contributed by atoms with Crippen molar-refractivity contribution in [1.82, 2.24) is 4.31 Å². The molecule has 0 aliphatic carbocycles. The summed E-state index contributed by atoms with van der Waals surface area (Å²) < 4.78 is 56.4. The highest BCUT2D eigenvalue weighted by Crippen LogP contribution is 2.28. The summed E-state index contributed by atoms with van der Waals surface area (Å²) in [6, 6.07) is 22.9. The highest BCUT2D eigenvalue weighted by atomic mass is 32.2. The van der Waals surface area contributed by atoms with E-state index >= 15 is 0 Å². The molecule has 0 aromatic heterocycles. The third kappa shape index (κ3) is 6.24. The van der Waals surface area contributed by atoms with E-state index in [-0.39, 0.29) is 22.9 Å². The van der Waals surface area contributed by atoms with E-state index in [0.29, 0.717) is 11.1 Å². The van der Waals surface area contributed by atoms with Crippen molar-refractivity contribution in [2.45, 2.75) is 28.5 Å². The van der Waals surface area contributed by atoms with Gasteiger partial charge in [-0.05, 0) is 55.7 Å². The zero-order valence-electron chi connectivity index (χ0n) is 21.2. The summed E-state index contributed by atoms with van der Waals surface area (Å²) in [5, 5.41) is 1.84. The van der Waals surface area contributed by atoms with Gasteiger partial charge in [-0.15, -0.1) is 6.58 Å². The first kappa shape index (κ1) is 27.8.